The van der Waals surface area contributed by atoms with E-state index in [2.05, 4.69) is 15.2 Å². The van der Waals surface area contributed by atoms with Gasteiger partial charge in [-0.1, -0.05) is 0 Å². The molecule has 1 aromatic rings. The molecule has 12 N–H and O–H groups in total. The minimum absolute atomic E-state index is 0.267. The van der Waals surface area contributed by atoms with Gasteiger partial charge in [0.15, 0.2) is 0 Å². The van der Waals surface area contributed by atoms with Crippen LogP contribution in [0.3, 0.4) is 0 Å². The molecule has 132 valence electrons. The molecular formula is C14H30N8O. The number of H-pyrrole nitrogens is 1. The van der Waals surface area contributed by atoms with E-state index in [1.54, 1.807) is 6.07 Å². The van der Waals surface area contributed by atoms with Crippen LogP contribution >= 0.6 is 0 Å². The first-order valence-corrected chi connectivity index (χ1v) is 7.89. The number of nitrogens with one attached hydrogen (secondary N) is 2. The van der Waals surface area contributed by atoms with Crippen LogP contribution in [0.25, 0.3) is 0 Å². The largest absolute Gasteiger partial charge is 0.385 e. The molecule has 0 bridgehead atoms. The smallest absolute Gasteiger partial charge is 0.257 e. The van der Waals surface area contributed by atoms with Crippen molar-refractivity contribution >= 4 is 11.5 Å². The van der Waals surface area contributed by atoms with Gasteiger partial charge >= 0.3 is 0 Å². The highest BCUT2D eigenvalue weighted by Crippen LogP contribution is 2.16. The lowest BCUT2D eigenvalue weighted by molar-refractivity contribution is 0.286. The first-order valence-electron chi connectivity index (χ1n) is 7.89. The van der Waals surface area contributed by atoms with Gasteiger partial charge in [-0.05, 0) is 25.9 Å². The average Bonchev–Trinajstić information content (AvgIpc) is 2.46. The Morgan fingerprint density at radius 1 is 1.13 bits per heavy atom. The number of unbranched alkanes of at least 4 members (excludes halogenated alkanes) is 1. The fourth-order valence-corrected chi connectivity index (χ4v) is 2.41. The second kappa shape index (κ2) is 10.2. The lowest BCUT2D eigenvalue weighted by atomic mass is 10.2. The summed E-state index contributed by atoms with van der Waals surface area (Å²) in [7, 11) is 0. The molecule has 0 unspecified atom stereocenters. The van der Waals surface area contributed by atoms with E-state index in [0.717, 1.165) is 32.5 Å². The molecule has 0 saturated carbocycles. The van der Waals surface area contributed by atoms with E-state index in [1.807, 2.05) is 0 Å². The SMILES string of the molecule is NCCCCN(CCN)CCNc1cc(N)[nH]c(=O)c1C(N)N. The van der Waals surface area contributed by atoms with Crippen LogP contribution in [0.2, 0.25) is 0 Å². The number of aromatic nitrogens is 1. The third kappa shape index (κ3) is 6.55. The van der Waals surface area contributed by atoms with E-state index < -0.39 is 6.17 Å². The number of rotatable bonds is 11. The number of pyridine rings is 1. The highest BCUT2D eigenvalue weighted by Gasteiger charge is 2.13. The summed E-state index contributed by atoms with van der Waals surface area (Å²) in [4.78, 5) is 16.7. The summed E-state index contributed by atoms with van der Waals surface area (Å²) in [5.74, 6) is 0.267. The molecule has 0 aromatic carbocycles. The zero-order valence-electron chi connectivity index (χ0n) is 13.6. The van der Waals surface area contributed by atoms with Crippen LogP contribution < -0.4 is 39.5 Å². The standard InChI is InChI=1S/C14H30N8O/c15-3-1-2-6-22(7-4-16)8-5-20-10-9-11(17)21-14(23)12(10)13(18)19/h9,13H,1-8,15-16,18-19H2,(H4,17,20,21,23). The molecule has 23 heavy (non-hydrogen) atoms. The molecule has 9 nitrogen and oxygen atoms in total. The highest BCUT2D eigenvalue weighted by atomic mass is 16.1. The molecule has 0 fully saturated rings. The molecule has 0 aliphatic heterocycles. The van der Waals surface area contributed by atoms with E-state index in [9.17, 15) is 4.79 Å². The van der Waals surface area contributed by atoms with Crippen molar-refractivity contribution in [1.82, 2.24) is 9.88 Å². The van der Waals surface area contributed by atoms with E-state index >= 15 is 0 Å². The molecule has 1 rings (SSSR count). The lowest BCUT2D eigenvalue weighted by Gasteiger charge is -2.22. The van der Waals surface area contributed by atoms with Crippen molar-refractivity contribution in [2.45, 2.75) is 19.0 Å². The summed E-state index contributed by atoms with van der Waals surface area (Å²) in [5.41, 5.74) is 28.6. The van der Waals surface area contributed by atoms with E-state index in [4.69, 9.17) is 28.7 Å². The maximum atomic E-state index is 11.9. The van der Waals surface area contributed by atoms with Crippen molar-refractivity contribution in [3.05, 3.63) is 22.0 Å². The minimum atomic E-state index is -0.869. The summed E-state index contributed by atoms with van der Waals surface area (Å²) in [5, 5.41) is 3.19. The van der Waals surface area contributed by atoms with Crippen LogP contribution in [0.1, 0.15) is 24.6 Å². The van der Waals surface area contributed by atoms with Crippen LogP contribution in [0.5, 0.6) is 0 Å². The Morgan fingerprint density at radius 2 is 1.87 bits per heavy atom. The summed E-state index contributed by atoms with van der Waals surface area (Å²) in [6.45, 7) is 4.46. The van der Waals surface area contributed by atoms with Gasteiger partial charge in [-0.3, -0.25) is 4.79 Å². The van der Waals surface area contributed by atoms with Crippen molar-refractivity contribution in [2.24, 2.45) is 22.9 Å². The third-order valence-electron chi connectivity index (χ3n) is 3.54. The van der Waals surface area contributed by atoms with Gasteiger partial charge in [0.05, 0.1) is 11.7 Å². The van der Waals surface area contributed by atoms with Crippen molar-refractivity contribution in [1.29, 1.82) is 0 Å². The van der Waals surface area contributed by atoms with E-state index in [0.29, 0.717) is 30.9 Å². The minimum Gasteiger partial charge on any atom is -0.385 e. The van der Waals surface area contributed by atoms with Crippen LogP contribution in [0, 0.1) is 0 Å². The summed E-state index contributed by atoms with van der Waals surface area (Å²) in [6.07, 6.45) is 1.16. The number of hydrogen-bond donors (Lipinski definition) is 7. The van der Waals surface area contributed by atoms with Crippen LogP contribution in [0.15, 0.2) is 10.9 Å². The van der Waals surface area contributed by atoms with Crippen LogP contribution in [-0.2, 0) is 0 Å². The van der Waals surface area contributed by atoms with Gasteiger partial charge in [0.2, 0.25) is 0 Å². The number of nitrogens with zero attached hydrogens (tertiary/aromatic N) is 1. The number of hydrogen-bond acceptors (Lipinski definition) is 8. The first kappa shape index (κ1) is 19.4. The fourth-order valence-electron chi connectivity index (χ4n) is 2.41. The second-order valence-electron chi connectivity index (χ2n) is 5.46. The molecular weight excluding hydrogens is 296 g/mol. The predicted molar refractivity (Wildman–Crippen MR) is 94.9 cm³/mol. The Bertz CT molecular complexity index is 516. The summed E-state index contributed by atoms with van der Waals surface area (Å²) in [6, 6.07) is 1.63. The molecule has 1 heterocycles. The Labute approximate surface area is 136 Å². The molecule has 0 radical (unpaired) electrons. The highest BCUT2D eigenvalue weighted by molar-refractivity contribution is 5.56. The van der Waals surface area contributed by atoms with Gasteiger partial charge in [-0.25, -0.2) is 0 Å². The van der Waals surface area contributed by atoms with Crippen LogP contribution in [-0.4, -0.2) is 49.2 Å². The van der Waals surface area contributed by atoms with Gasteiger partial charge in [-0.15, -0.1) is 0 Å². The summed E-state index contributed by atoms with van der Waals surface area (Å²) >= 11 is 0. The molecule has 0 aliphatic carbocycles. The first-order chi connectivity index (χ1) is 11.0. The summed E-state index contributed by atoms with van der Waals surface area (Å²) < 4.78 is 0. The van der Waals surface area contributed by atoms with Crippen molar-refractivity contribution < 1.29 is 0 Å². The number of anilines is 2. The molecule has 0 saturated heterocycles. The Balaban J connectivity index is 2.64. The van der Waals surface area contributed by atoms with Gasteiger partial charge in [-0.2, -0.15) is 0 Å². The maximum absolute atomic E-state index is 11.9. The predicted octanol–water partition coefficient (Wildman–Crippen LogP) is -1.72. The molecule has 0 atom stereocenters. The zero-order chi connectivity index (χ0) is 17.2. The van der Waals surface area contributed by atoms with E-state index in [-0.39, 0.29) is 11.4 Å². The van der Waals surface area contributed by atoms with Gasteiger partial charge < -0.3 is 43.9 Å². The van der Waals surface area contributed by atoms with Crippen molar-refractivity contribution in [3.8, 4) is 0 Å². The average molecular weight is 326 g/mol. The number of nitrogen functional groups attached to an aromatic ring is 1. The molecule has 0 spiro atoms. The molecule has 1 aromatic heterocycles. The third-order valence-corrected chi connectivity index (χ3v) is 3.54. The Hall–Kier alpha value is -1.65. The second-order valence-corrected chi connectivity index (χ2v) is 5.46. The zero-order valence-corrected chi connectivity index (χ0v) is 13.6. The monoisotopic (exact) mass is 326 g/mol. The molecule has 9 heteroatoms. The van der Waals surface area contributed by atoms with Gasteiger partial charge in [0.25, 0.3) is 5.56 Å². The van der Waals surface area contributed by atoms with E-state index in [1.165, 1.54) is 0 Å². The number of aromatic amines is 1. The lowest BCUT2D eigenvalue weighted by Crippen LogP contribution is -2.35. The topological polar surface area (TPSA) is 178 Å². The quantitative estimate of drug-likeness (QED) is 0.185. The number of nitrogens with two attached hydrogens (primary N) is 5. The van der Waals surface area contributed by atoms with Crippen LogP contribution in [0.4, 0.5) is 11.5 Å². The van der Waals surface area contributed by atoms with Gasteiger partial charge in [0.1, 0.15) is 5.82 Å². The Kier molecular flexibility index (Phi) is 8.59. The normalized spacial score (nSPS) is 11.4. The Morgan fingerprint density at radius 3 is 2.48 bits per heavy atom. The van der Waals surface area contributed by atoms with Gasteiger partial charge in [0, 0.05) is 37.9 Å². The van der Waals surface area contributed by atoms with Crippen molar-refractivity contribution in [3.63, 3.8) is 0 Å². The maximum Gasteiger partial charge on any atom is 0.257 e. The molecule has 0 amide bonds. The van der Waals surface area contributed by atoms with Crippen molar-refractivity contribution in [2.75, 3.05) is 50.3 Å². The molecule has 0 aliphatic rings. The fraction of sp³-hybridized carbons (Fsp3) is 0.643.